The summed E-state index contributed by atoms with van der Waals surface area (Å²) < 4.78 is 53.6. The van der Waals surface area contributed by atoms with Crippen LogP contribution in [0.25, 0.3) is 5.69 Å². The molecule has 0 saturated carbocycles. The van der Waals surface area contributed by atoms with Crippen molar-refractivity contribution in [2.24, 2.45) is 0 Å². The Morgan fingerprint density at radius 3 is 2.07 bits per heavy atom. The Hall–Kier alpha value is -1.27. The molecule has 0 aliphatic rings. The molecule has 0 atom stereocenters. The lowest BCUT2D eigenvalue weighted by molar-refractivity contribution is -0.137. The smallest absolute Gasteiger partial charge is 0.302 e. The second-order valence-electron chi connectivity index (χ2n) is 5.70. The van der Waals surface area contributed by atoms with Gasteiger partial charge in [-0.15, -0.1) is 0 Å². The van der Waals surface area contributed by atoms with Gasteiger partial charge in [-0.3, -0.25) is 0 Å². The molecule has 156 valence electrons. The lowest BCUT2D eigenvalue weighted by Gasteiger charge is -2.13. The Kier molecular flexibility index (Phi) is 6.78. The van der Waals surface area contributed by atoms with E-state index in [2.05, 4.69) is 0 Å². The molecule has 0 amide bonds. The van der Waals surface area contributed by atoms with Crippen molar-refractivity contribution < 1.29 is 17.6 Å². The van der Waals surface area contributed by atoms with Gasteiger partial charge in [0.05, 0.1) is 31.3 Å². The molecule has 0 spiro atoms. The van der Waals surface area contributed by atoms with Crippen LogP contribution in [0.2, 0.25) is 25.2 Å². The van der Waals surface area contributed by atoms with Gasteiger partial charge >= 0.3 is 6.18 Å². The summed E-state index contributed by atoms with van der Waals surface area (Å²) in [6, 6.07) is 5.77. The first-order valence-electron chi connectivity index (χ1n) is 7.64. The van der Waals surface area contributed by atoms with Gasteiger partial charge in [0.25, 0.3) is 0 Å². The van der Waals surface area contributed by atoms with Gasteiger partial charge in [-0.25, -0.2) is 4.39 Å². The van der Waals surface area contributed by atoms with Gasteiger partial charge in [0.2, 0.25) is 0 Å². The third-order valence-electron chi connectivity index (χ3n) is 3.83. The predicted molar refractivity (Wildman–Crippen MR) is 111 cm³/mol. The van der Waals surface area contributed by atoms with E-state index in [1.54, 1.807) is 0 Å². The van der Waals surface area contributed by atoms with Gasteiger partial charge in [-0.05, 0) is 24.3 Å². The molecule has 1 aromatic heterocycles. The van der Waals surface area contributed by atoms with E-state index in [-0.39, 0.29) is 41.4 Å². The zero-order chi connectivity index (χ0) is 22.4. The zero-order valence-corrected chi connectivity index (χ0v) is 18.7. The Labute approximate surface area is 196 Å². The second kappa shape index (κ2) is 8.70. The van der Waals surface area contributed by atoms with Crippen molar-refractivity contribution in [2.75, 3.05) is 0 Å². The highest BCUT2D eigenvalue weighted by Crippen LogP contribution is 2.44. The quantitative estimate of drug-likeness (QED) is 0.248. The molecule has 30 heavy (non-hydrogen) atoms. The number of halogens is 9. The zero-order valence-electron chi connectivity index (χ0n) is 14.1. The summed E-state index contributed by atoms with van der Waals surface area (Å²) in [6.07, 6.45) is -3.29. The molecule has 2 aromatic carbocycles. The Bertz CT molecular complexity index is 1180. The van der Waals surface area contributed by atoms with Gasteiger partial charge in [-0.2, -0.15) is 18.4 Å². The molecular weight excluding hydrogens is 530 g/mol. The van der Waals surface area contributed by atoms with Crippen molar-refractivity contribution in [3.05, 3.63) is 72.7 Å². The fourth-order valence-electron chi connectivity index (χ4n) is 2.47. The highest BCUT2D eigenvalue weighted by molar-refractivity contribution is 7.99. The summed E-state index contributed by atoms with van der Waals surface area (Å²) in [4.78, 5) is 0.608. The fourth-order valence-corrected chi connectivity index (χ4v) is 4.93. The summed E-state index contributed by atoms with van der Waals surface area (Å²) in [5.41, 5.74) is -1.08. The molecular formula is C18H5Cl5F4N2S. The molecule has 0 N–H and O–H groups in total. The Morgan fingerprint density at radius 2 is 1.53 bits per heavy atom. The first-order valence-corrected chi connectivity index (χ1v) is 10.3. The van der Waals surface area contributed by atoms with Crippen molar-refractivity contribution in [1.29, 1.82) is 5.26 Å². The largest absolute Gasteiger partial charge is 0.416 e. The van der Waals surface area contributed by atoms with Crippen LogP contribution in [0.1, 0.15) is 11.1 Å². The van der Waals surface area contributed by atoms with Gasteiger partial charge < -0.3 is 4.57 Å². The van der Waals surface area contributed by atoms with Gasteiger partial charge in [0.1, 0.15) is 22.6 Å². The van der Waals surface area contributed by atoms with E-state index in [0.717, 1.165) is 17.8 Å². The van der Waals surface area contributed by atoms with Crippen molar-refractivity contribution in [3.8, 4) is 11.8 Å². The summed E-state index contributed by atoms with van der Waals surface area (Å²) in [7, 11) is 0. The van der Waals surface area contributed by atoms with Crippen LogP contribution in [0.5, 0.6) is 0 Å². The standard InChI is InChI=1S/C18H5Cl5F4N2S/c19-9-3-7(18(25,26)27)4-10(20)16(9)29-6-13(8(5-28)17(29)23)30-12-2-1-11(24)14(21)15(12)22/h1-4,6H. The first kappa shape index (κ1) is 23.4. The topological polar surface area (TPSA) is 28.7 Å². The molecule has 12 heteroatoms. The van der Waals surface area contributed by atoms with Crippen molar-refractivity contribution >= 4 is 69.8 Å². The third kappa shape index (κ3) is 4.36. The molecule has 1 heterocycles. The summed E-state index contributed by atoms with van der Waals surface area (Å²) in [6.45, 7) is 0. The van der Waals surface area contributed by atoms with E-state index in [4.69, 9.17) is 58.0 Å². The molecule has 2 nitrogen and oxygen atoms in total. The van der Waals surface area contributed by atoms with E-state index in [1.165, 1.54) is 16.8 Å². The number of aromatic nitrogens is 1. The first-order chi connectivity index (χ1) is 14.0. The number of alkyl halides is 3. The van der Waals surface area contributed by atoms with Gasteiger partial charge in [0, 0.05) is 16.0 Å². The highest BCUT2D eigenvalue weighted by atomic mass is 35.5. The Balaban J connectivity index is 2.14. The molecule has 0 aliphatic heterocycles. The molecule has 0 unspecified atom stereocenters. The maximum Gasteiger partial charge on any atom is 0.416 e. The minimum atomic E-state index is -4.65. The summed E-state index contributed by atoms with van der Waals surface area (Å²) >= 11 is 31.2. The van der Waals surface area contributed by atoms with Crippen molar-refractivity contribution in [3.63, 3.8) is 0 Å². The Morgan fingerprint density at radius 1 is 0.933 bits per heavy atom. The van der Waals surface area contributed by atoms with Crippen LogP contribution in [0.3, 0.4) is 0 Å². The lowest BCUT2D eigenvalue weighted by Crippen LogP contribution is -2.06. The average molecular weight is 535 g/mol. The summed E-state index contributed by atoms with van der Waals surface area (Å²) in [5.74, 6) is -0.717. The number of benzene rings is 2. The van der Waals surface area contributed by atoms with E-state index >= 15 is 0 Å². The maximum absolute atomic E-state index is 13.5. The number of hydrogen-bond acceptors (Lipinski definition) is 2. The summed E-state index contributed by atoms with van der Waals surface area (Å²) in [5, 5.41) is 8.36. The average Bonchev–Trinajstić information content (AvgIpc) is 2.96. The third-order valence-corrected chi connectivity index (χ3v) is 6.83. The molecule has 3 aromatic rings. The second-order valence-corrected chi connectivity index (χ2v) is 8.71. The molecule has 3 rings (SSSR count). The SMILES string of the molecule is N#Cc1c(Sc2ccc(F)c(Cl)c2Cl)cn(-c2c(Cl)cc(C(F)(F)F)cc2Cl)c1Cl. The monoisotopic (exact) mass is 532 g/mol. The lowest BCUT2D eigenvalue weighted by atomic mass is 10.2. The highest BCUT2D eigenvalue weighted by Gasteiger charge is 2.32. The van der Waals surface area contributed by atoms with Crippen LogP contribution in [0.4, 0.5) is 17.6 Å². The van der Waals surface area contributed by atoms with E-state index in [9.17, 15) is 22.8 Å². The number of nitriles is 1. The molecule has 0 bridgehead atoms. The van der Waals surface area contributed by atoms with E-state index < -0.39 is 17.6 Å². The molecule has 0 radical (unpaired) electrons. The number of hydrogen-bond donors (Lipinski definition) is 0. The molecule has 0 saturated heterocycles. The van der Waals surface area contributed by atoms with Crippen LogP contribution in [-0.4, -0.2) is 4.57 Å². The van der Waals surface area contributed by atoms with Crippen molar-refractivity contribution in [2.45, 2.75) is 16.0 Å². The molecule has 0 aliphatic carbocycles. The van der Waals surface area contributed by atoms with Gasteiger partial charge in [0.15, 0.2) is 0 Å². The van der Waals surface area contributed by atoms with E-state index in [1.807, 2.05) is 6.07 Å². The van der Waals surface area contributed by atoms with Crippen LogP contribution >= 0.6 is 69.8 Å². The predicted octanol–water partition coefficient (Wildman–Crippen LogP) is 8.93. The number of nitrogens with zero attached hydrogens (tertiary/aromatic N) is 2. The van der Waals surface area contributed by atoms with Crippen LogP contribution in [0, 0.1) is 17.1 Å². The maximum atomic E-state index is 13.5. The number of rotatable bonds is 3. The minimum absolute atomic E-state index is 0.00906. The van der Waals surface area contributed by atoms with Gasteiger partial charge in [-0.1, -0.05) is 69.8 Å². The van der Waals surface area contributed by atoms with E-state index in [0.29, 0.717) is 17.0 Å². The van der Waals surface area contributed by atoms with Crippen LogP contribution in [-0.2, 0) is 6.18 Å². The fraction of sp³-hybridized carbons (Fsp3) is 0.0556. The van der Waals surface area contributed by atoms with Crippen LogP contribution in [0.15, 0.2) is 40.3 Å². The van der Waals surface area contributed by atoms with Crippen molar-refractivity contribution in [1.82, 2.24) is 4.57 Å². The normalized spacial score (nSPS) is 11.6. The minimum Gasteiger partial charge on any atom is -0.302 e. The molecule has 0 fully saturated rings. The van der Waals surface area contributed by atoms with Crippen LogP contribution < -0.4 is 0 Å².